The minimum atomic E-state index is -0.350. The smallest absolute Gasteiger partial charge is 0.248 e. The van der Waals surface area contributed by atoms with Gasteiger partial charge in [-0.15, -0.1) is 0 Å². The Kier molecular flexibility index (Phi) is 2.19. The van der Waals surface area contributed by atoms with Crippen LogP contribution in [-0.4, -0.2) is 41.9 Å². The molecule has 2 bridgehead atoms. The highest BCUT2D eigenvalue weighted by Gasteiger charge is 2.38. The van der Waals surface area contributed by atoms with E-state index in [0.29, 0.717) is 11.7 Å². The Balaban J connectivity index is 1.95. The van der Waals surface area contributed by atoms with Crippen molar-refractivity contribution in [1.82, 2.24) is 9.80 Å². The van der Waals surface area contributed by atoms with Crippen molar-refractivity contribution in [1.29, 1.82) is 0 Å². The van der Waals surface area contributed by atoms with Crippen LogP contribution in [0, 0.1) is 0 Å². The lowest BCUT2D eigenvalue weighted by Crippen LogP contribution is -2.24. The predicted molar refractivity (Wildman–Crippen MR) is 60.8 cm³/mol. The lowest BCUT2D eigenvalue weighted by Gasteiger charge is -2.20. The number of nitrogens with zero attached hydrogens (tertiary/aromatic N) is 2. The highest BCUT2D eigenvalue weighted by molar-refractivity contribution is 5.92. The summed E-state index contributed by atoms with van der Waals surface area (Å²) >= 11 is 0. The van der Waals surface area contributed by atoms with Crippen LogP contribution in [0.2, 0.25) is 0 Å². The third kappa shape index (κ3) is 1.42. The molecular formula is C12H15N3O. The zero-order chi connectivity index (χ0) is 11.1. The molecule has 1 amide bonds. The molecule has 1 aromatic rings. The van der Waals surface area contributed by atoms with Gasteiger partial charge in [-0.2, -0.15) is 0 Å². The second-order valence-corrected chi connectivity index (χ2v) is 4.44. The summed E-state index contributed by atoms with van der Waals surface area (Å²) in [7, 11) is 0. The number of amides is 1. The molecule has 0 saturated carbocycles. The normalized spacial score (nSPS) is 31.9. The number of fused-ring (bicyclic) bond motifs is 2. The van der Waals surface area contributed by atoms with E-state index in [2.05, 4.69) is 15.9 Å². The quantitative estimate of drug-likeness (QED) is 0.781. The molecule has 0 atom stereocenters. The Hall–Kier alpha value is -1.39. The summed E-state index contributed by atoms with van der Waals surface area (Å²) in [5.74, 6) is -0.350. The molecule has 1 aromatic carbocycles. The van der Waals surface area contributed by atoms with Crippen molar-refractivity contribution in [3.63, 3.8) is 0 Å². The standard InChI is InChI=1S/C12H15N3O/c13-11(16)9-2-1-3-10(8-9)12-14-4-5-15(12)7-6-14/h1-3,8,12H,4-7H2,(H2,13,16). The Morgan fingerprint density at radius 3 is 2.38 bits per heavy atom. The van der Waals surface area contributed by atoms with Crippen LogP contribution >= 0.6 is 0 Å². The second-order valence-electron chi connectivity index (χ2n) is 4.44. The van der Waals surface area contributed by atoms with Gasteiger partial charge >= 0.3 is 0 Å². The first-order chi connectivity index (χ1) is 7.75. The van der Waals surface area contributed by atoms with E-state index in [4.69, 9.17) is 5.73 Å². The highest BCUT2D eigenvalue weighted by Crippen LogP contribution is 2.34. The molecule has 4 heteroatoms. The molecule has 2 aliphatic rings. The van der Waals surface area contributed by atoms with Gasteiger partial charge in [0.15, 0.2) is 0 Å². The number of nitrogens with two attached hydrogens (primary N) is 1. The largest absolute Gasteiger partial charge is 0.366 e. The highest BCUT2D eigenvalue weighted by atomic mass is 16.1. The summed E-state index contributed by atoms with van der Waals surface area (Å²) in [4.78, 5) is 16.0. The molecule has 2 fully saturated rings. The van der Waals surface area contributed by atoms with Crippen molar-refractivity contribution < 1.29 is 4.79 Å². The predicted octanol–water partition coefficient (Wildman–Crippen LogP) is 0.415. The van der Waals surface area contributed by atoms with E-state index in [1.165, 1.54) is 5.56 Å². The number of carbonyl (C=O) groups is 1. The summed E-state index contributed by atoms with van der Waals surface area (Å²) in [6.45, 7) is 4.52. The van der Waals surface area contributed by atoms with Crippen LogP contribution in [0.3, 0.4) is 0 Å². The fourth-order valence-electron chi connectivity index (χ4n) is 2.73. The number of benzene rings is 1. The number of hydrogen-bond donors (Lipinski definition) is 1. The van der Waals surface area contributed by atoms with Crippen LogP contribution in [0.5, 0.6) is 0 Å². The third-order valence-electron chi connectivity index (χ3n) is 3.51. The van der Waals surface area contributed by atoms with Gasteiger partial charge in [-0.1, -0.05) is 12.1 Å². The first-order valence-corrected chi connectivity index (χ1v) is 5.63. The van der Waals surface area contributed by atoms with E-state index in [9.17, 15) is 4.79 Å². The molecule has 84 valence electrons. The van der Waals surface area contributed by atoms with E-state index < -0.39 is 0 Å². The molecular weight excluding hydrogens is 202 g/mol. The molecule has 2 saturated heterocycles. The fourth-order valence-corrected chi connectivity index (χ4v) is 2.73. The summed E-state index contributed by atoms with van der Waals surface area (Å²) in [6, 6.07) is 7.68. The van der Waals surface area contributed by atoms with Crippen LogP contribution in [0.1, 0.15) is 22.1 Å². The topological polar surface area (TPSA) is 49.6 Å². The minimum absolute atomic E-state index is 0.350. The van der Waals surface area contributed by atoms with E-state index in [1.807, 2.05) is 12.1 Å². The summed E-state index contributed by atoms with van der Waals surface area (Å²) in [5.41, 5.74) is 7.09. The van der Waals surface area contributed by atoms with E-state index in [1.54, 1.807) is 6.07 Å². The van der Waals surface area contributed by atoms with Gasteiger partial charge in [-0.25, -0.2) is 0 Å². The van der Waals surface area contributed by atoms with Gasteiger partial charge in [-0.3, -0.25) is 14.6 Å². The van der Waals surface area contributed by atoms with Crippen molar-refractivity contribution in [2.45, 2.75) is 6.17 Å². The van der Waals surface area contributed by atoms with Gasteiger partial charge < -0.3 is 5.73 Å². The first kappa shape index (κ1) is 9.81. The van der Waals surface area contributed by atoms with Crippen LogP contribution < -0.4 is 5.73 Å². The Morgan fingerprint density at radius 1 is 1.19 bits per heavy atom. The summed E-state index contributed by atoms with van der Waals surface area (Å²) in [6.07, 6.45) is 0.360. The molecule has 2 aliphatic heterocycles. The number of rotatable bonds is 2. The molecule has 0 unspecified atom stereocenters. The number of carbonyl (C=O) groups excluding carboxylic acids is 1. The number of piperazine rings is 1. The zero-order valence-electron chi connectivity index (χ0n) is 9.10. The zero-order valence-corrected chi connectivity index (χ0v) is 9.10. The minimum Gasteiger partial charge on any atom is -0.366 e. The van der Waals surface area contributed by atoms with Crippen LogP contribution in [0.4, 0.5) is 0 Å². The molecule has 0 aromatic heterocycles. The summed E-state index contributed by atoms with van der Waals surface area (Å²) in [5, 5.41) is 0. The van der Waals surface area contributed by atoms with Crippen molar-refractivity contribution in [2.75, 3.05) is 26.2 Å². The number of primary amides is 1. The molecule has 16 heavy (non-hydrogen) atoms. The number of hydrogen-bond acceptors (Lipinski definition) is 3. The monoisotopic (exact) mass is 217 g/mol. The van der Waals surface area contributed by atoms with Gasteiger partial charge in [0, 0.05) is 31.7 Å². The fraction of sp³-hybridized carbons (Fsp3) is 0.417. The van der Waals surface area contributed by atoms with Gasteiger partial charge in [0.1, 0.15) is 0 Å². The lowest BCUT2D eigenvalue weighted by molar-refractivity contribution is 0.1000. The molecule has 2 N–H and O–H groups in total. The molecule has 2 heterocycles. The summed E-state index contributed by atoms with van der Waals surface area (Å²) < 4.78 is 0. The van der Waals surface area contributed by atoms with E-state index in [-0.39, 0.29) is 5.91 Å². The maximum Gasteiger partial charge on any atom is 0.248 e. The lowest BCUT2D eigenvalue weighted by atomic mass is 10.1. The molecule has 3 rings (SSSR count). The molecule has 0 spiro atoms. The van der Waals surface area contributed by atoms with Gasteiger partial charge in [0.2, 0.25) is 5.91 Å². The van der Waals surface area contributed by atoms with E-state index in [0.717, 1.165) is 26.2 Å². The Bertz CT molecular complexity index is 412. The van der Waals surface area contributed by atoms with Gasteiger partial charge in [0.25, 0.3) is 0 Å². The average Bonchev–Trinajstić information content (AvgIpc) is 2.88. The van der Waals surface area contributed by atoms with Crippen molar-refractivity contribution in [3.05, 3.63) is 35.4 Å². The second kappa shape index (κ2) is 3.57. The van der Waals surface area contributed by atoms with Crippen molar-refractivity contribution >= 4 is 5.91 Å². The molecule has 0 aliphatic carbocycles. The first-order valence-electron chi connectivity index (χ1n) is 5.63. The van der Waals surface area contributed by atoms with E-state index >= 15 is 0 Å². The van der Waals surface area contributed by atoms with Gasteiger partial charge in [-0.05, 0) is 17.7 Å². The Morgan fingerprint density at radius 2 is 1.81 bits per heavy atom. The van der Waals surface area contributed by atoms with Crippen LogP contribution in [-0.2, 0) is 0 Å². The van der Waals surface area contributed by atoms with Crippen molar-refractivity contribution in [3.8, 4) is 0 Å². The van der Waals surface area contributed by atoms with Crippen molar-refractivity contribution in [2.24, 2.45) is 5.73 Å². The maximum absolute atomic E-state index is 11.1. The Labute approximate surface area is 94.6 Å². The van der Waals surface area contributed by atoms with Gasteiger partial charge in [0.05, 0.1) is 6.17 Å². The van der Waals surface area contributed by atoms with Crippen LogP contribution in [0.25, 0.3) is 0 Å². The average molecular weight is 217 g/mol. The SMILES string of the molecule is NC(=O)c1cccc(C2N3CCN2CC3)c1. The molecule has 0 radical (unpaired) electrons. The maximum atomic E-state index is 11.1. The molecule has 4 nitrogen and oxygen atoms in total. The third-order valence-corrected chi connectivity index (χ3v) is 3.51. The van der Waals surface area contributed by atoms with Crippen LogP contribution in [0.15, 0.2) is 24.3 Å².